The lowest BCUT2D eigenvalue weighted by Gasteiger charge is -2.06. The molecule has 0 aliphatic rings. The number of nitrogens with one attached hydrogen (secondary N) is 1. The van der Waals surface area contributed by atoms with Crippen molar-refractivity contribution >= 4 is 11.3 Å². The molecule has 18 heavy (non-hydrogen) atoms. The molecule has 0 atom stereocenters. The topological polar surface area (TPSA) is 24.9 Å². The zero-order valence-corrected chi connectivity index (χ0v) is 11.3. The Kier molecular flexibility index (Phi) is 4.84. The second-order valence-electron chi connectivity index (χ2n) is 4.21. The van der Waals surface area contributed by atoms with Crippen molar-refractivity contribution in [2.75, 3.05) is 6.54 Å². The highest BCUT2D eigenvalue weighted by Crippen LogP contribution is 2.15. The molecule has 1 heterocycles. The molecule has 2 nitrogen and oxygen atoms in total. The van der Waals surface area contributed by atoms with Crippen molar-refractivity contribution < 1.29 is 4.39 Å². The van der Waals surface area contributed by atoms with Crippen LogP contribution < -0.4 is 5.32 Å². The standard InChI is InChI=1S/C14H17FN2S/c1-2-5-16-10-12-4-3-11(8-13(12)15)9-14-17-6-7-18-14/h3-4,6-8,16H,2,5,9-10H2,1H3. The number of thiazole rings is 1. The van der Waals surface area contributed by atoms with Crippen molar-refractivity contribution in [2.24, 2.45) is 0 Å². The minimum Gasteiger partial charge on any atom is -0.313 e. The molecule has 2 aromatic rings. The number of halogens is 1. The average molecular weight is 264 g/mol. The summed E-state index contributed by atoms with van der Waals surface area (Å²) in [6, 6.07) is 5.46. The first-order valence-electron chi connectivity index (χ1n) is 6.16. The molecule has 0 aliphatic carbocycles. The summed E-state index contributed by atoms with van der Waals surface area (Å²) in [5, 5.41) is 6.17. The van der Waals surface area contributed by atoms with Gasteiger partial charge in [-0.05, 0) is 24.6 Å². The van der Waals surface area contributed by atoms with E-state index in [4.69, 9.17) is 0 Å². The largest absolute Gasteiger partial charge is 0.313 e. The maximum Gasteiger partial charge on any atom is 0.127 e. The van der Waals surface area contributed by atoms with Gasteiger partial charge in [-0.1, -0.05) is 19.1 Å². The van der Waals surface area contributed by atoms with E-state index in [1.165, 1.54) is 0 Å². The minimum atomic E-state index is -0.132. The Hall–Kier alpha value is -1.26. The molecule has 0 amide bonds. The Morgan fingerprint density at radius 3 is 2.94 bits per heavy atom. The minimum absolute atomic E-state index is 0.132. The summed E-state index contributed by atoms with van der Waals surface area (Å²) in [4.78, 5) is 4.21. The van der Waals surface area contributed by atoms with Gasteiger partial charge in [0, 0.05) is 30.1 Å². The van der Waals surface area contributed by atoms with E-state index in [0.717, 1.165) is 29.1 Å². The van der Waals surface area contributed by atoms with Crippen LogP contribution in [-0.4, -0.2) is 11.5 Å². The Labute approximate surface area is 111 Å². The van der Waals surface area contributed by atoms with E-state index < -0.39 is 0 Å². The molecule has 1 aromatic carbocycles. The zero-order valence-electron chi connectivity index (χ0n) is 10.4. The van der Waals surface area contributed by atoms with E-state index in [2.05, 4.69) is 17.2 Å². The molecule has 0 radical (unpaired) electrons. The zero-order chi connectivity index (χ0) is 12.8. The number of nitrogens with zero attached hydrogens (tertiary/aromatic N) is 1. The average Bonchev–Trinajstić information content (AvgIpc) is 2.85. The quantitative estimate of drug-likeness (QED) is 0.809. The molecule has 0 aliphatic heterocycles. The highest BCUT2D eigenvalue weighted by Gasteiger charge is 2.05. The normalized spacial score (nSPS) is 10.8. The molecular formula is C14H17FN2S. The predicted molar refractivity (Wildman–Crippen MR) is 73.3 cm³/mol. The van der Waals surface area contributed by atoms with Gasteiger partial charge < -0.3 is 5.32 Å². The monoisotopic (exact) mass is 264 g/mol. The lowest BCUT2D eigenvalue weighted by atomic mass is 10.1. The van der Waals surface area contributed by atoms with Crippen LogP contribution in [0.15, 0.2) is 29.8 Å². The lowest BCUT2D eigenvalue weighted by Crippen LogP contribution is -2.14. The molecule has 0 saturated heterocycles. The summed E-state index contributed by atoms with van der Waals surface area (Å²) in [6.45, 7) is 3.61. The van der Waals surface area contributed by atoms with Gasteiger partial charge in [-0.15, -0.1) is 11.3 Å². The highest BCUT2D eigenvalue weighted by molar-refractivity contribution is 7.09. The van der Waals surface area contributed by atoms with Gasteiger partial charge in [0.15, 0.2) is 0 Å². The van der Waals surface area contributed by atoms with E-state index in [9.17, 15) is 4.39 Å². The molecule has 96 valence electrons. The SMILES string of the molecule is CCCNCc1ccc(Cc2nccs2)cc1F. The summed E-state index contributed by atoms with van der Waals surface area (Å²) >= 11 is 1.60. The molecule has 2 rings (SSSR count). The van der Waals surface area contributed by atoms with Crippen molar-refractivity contribution in [1.82, 2.24) is 10.3 Å². The molecule has 0 fully saturated rings. The first-order valence-corrected chi connectivity index (χ1v) is 7.04. The fourth-order valence-electron chi connectivity index (χ4n) is 1.76. The number of benzene rings is 1. The third kappa shape index (κ3) is 3.62. The summed E-state index contributed by atoms with van der Waals surface area (Å²) in [7, 11) is 0. The van der Waals surface area contributed by atoms with Gasteiger partial charge in [-0.2, -0.15) is 0 Å². The summed E-state index contributed by atoms with van der Waals surface area (Å²) in [5.74, 6) is -0.132. The van der Waals surface area contributed by atoms with Gasteiger partial charge in [0.25, 0.3) is 0 Å². The van der Waals surface area contributed by atoms with Gasteiger partial charge in [0.1, 0.15) is 5.82 Å². The van der Waals surface area contributed by atoms with Crippen molar-refractivity contribution in [3.63, 3.8) is 0 Å². The van der Waals surface area contributed by atoms with Gasteiger partial charge in [-0.25, -0.2) is 9.37 Å². The number of rotatable bonds is 6. The van der Waals surface area contributed by atoms with Crippen LogP contribution in [0.5, 0.6) is 0 Å². The van der Waals surface area contributed by atoms with Crippen LogP contribution in [0.2, 0.25) is 0 Å². The fraction of sp³-hybridized carbons (Fsp3) is 0.357. The Balaban J connectivity index is 2.00. The molecule has 1 aromatic heterocycles. The molecule has 0 spiro atoms. The first-order chi connectivity index (χ1) is 8.79. The highest BCUT2D eigenvalue weighted by atomic mass is 32.1. The Morgan fingerprint density at radius 1 is 1.39 bits per heavy atom. The number of hydrogen-bond acceptors (Lipinski definition) is 3. The Morgan fingerprint density at radius 2 is 2.28 bits per heavy atom. The maximum absolute atomic E-state index is 13.8. The van der Waals surface area contributed by atoms with Crippen LogP contribution in [0.4, 0.5) is 4.39 Å². The third-order valence-corrected chi connectivity index (χ3v) is 3.48. The van der Waals surface area contributed by atoms with Gasteiger partial charge in [0.2, 0.25) is 0 Å². The molecule has 0 saturated carbocycles. The number of hydrogen-bond donors (Lipinski definition) is 1. The van der Waals surface area contributed by atoms with Crippen LogP contribution in [0.3, 0.4) is 0 Å². The molecular weight excluding hydrogens is 247 g/mol. The van der Waals surface area contributed by atoms with Gasteiger partial charge in [0.05, 0.1) is 5.01 Å². The second-order valence-corrected chi connectivity index (χ2v) is 5.18. The van der Waals surface area contributed by atoms with Gasteiger partial charge in [-0.3, -0.25) is 0 Å². The van der Waals surface area contributed by atoms with E-state index in [1.807, 2.05) is 17.5 Å². The smallest absolute Gasteiger partial charge is 0.127 e. The van der Waals surface area contributed by atoms with E-state index in [1.54, 1.807) is 23.6 Å². The van der Waals surface area contributed by atoms with Crippen molar-refractivity contribution in [2.45, 2.75) is 26.3 Å². The van der Waals surface area contributed by atoms with E-state index in [0.29, 0.717) is 13.0 Å². The summed E-state index contributed by atoms with van der Waals surface area (Å²) in [6.07, 6.45) is 3.54. The van der Waals surface area contributed by atoms with E-state index in [-0.39, 0.29) is 5.82 Å². The Bertz CT molecular complexity index is 483. The van der Waals surface area contributed by atoms with Crippen LogP contribution >= 0.6 is 11.3 Å². The van der Waals surface area contributed by atoms with Crippen molar-refractivity contribution in [1.29, 1.82) is 0 Å². The van der Waals surface area contributed by atoms with Gasteiger partial charge >= 0.3 is 0 Å². The molecule has 0 bridgehead atoms. The fourth-order valence-corrected chi connectivity index (χ4v) is 2.41. The molecule has 1 N–H and O–H groups in total. The molecule has 4 heteroatoms. The second kappa shape index (κ2) is 6.61. The maximum atomic E-state index is 13.8. The van der Waals surface area contributed by atoms with Crippen LogP contribution in [-0.2, 0) is 13.0 Å². The third-order valence-electron chi connectivity index (χ3n) is 2.70. The van der Waals surface area contributed by atoms with Crippen molar-refractivity contribution in [3.8, 4) is 0 Å². The van der Waals surface area contributed by atoms with Crippen LogP contribution in [0.1, 0.15) is 29.5 Å². The van der Waals surface area contributed by atoms with E-state index >= 15 is 0 Å². The predicted octanol–water partition coefficient (Wildman–Crippen LogP) is 3.37. The van der Waals surface area contributed by atoms with Crippen LogP contribution in [0, 0.1) is 5.82 Å². The van der Waals surface area contributed by atoms with Crippen molar-refractivity contribution in [3.05, 3.63) is 51.7 Å². The first kappa shape index (κ1) is 13.2. The number of aromatic nitrogens is 1. The van der Waals surface area contributed by atoms with Crippen LogP contribution in [0.25, 0.3) is 0 Å². The lowest BCUT2D eigenvalue weighted by molar-refractivity contribution is 0.585. The summed E-state index contributed by atoms with van der Waals surface area (Å²) < 4.78 is 13.8. The summed E-state index contributed by atoms with van der Waals surface area (Å²) in [5.41, 5.74) is 1.70. The molecule has 0 unspecified atom stereocenters.